The maximum atomic E-state index is 12.1. The van der Waals surface area contributed by atoms with Crippen molar-refractivity contribution in [2.24, 2.45) is 11.1 Å². The highest BCUT2D eigenvalue weighted by Crippen LogP contribution is 2.26. The Morgan fingerprint density at radius 1 is 1.05 bits per heavy atom. The molecule has 1 heterocycles. The predicted molar refractivity (Wildman–Crippen MR) is 86.9 cm³/mol. The van der Waals surface area contributed by atoms with Crippen LogP contribution in [-0.2, 0) is 16.1 Å². The molecule has 0 N–H and O–H groups in total. The summed E-state index contributed by atoms with van der Waals surface area (Å²) < 4.78 is 0. The second-order valence-corrected chi connectivity index (χ2v) is 5.89. The van der Waals surface area contributed by atoms with Crippen LogP contribution in [0.2, 0.25) is 0 Å². The maximum absolute atomic E-state index is 12.1. The fraction of sp³-hybridized carbons (Fsp3) is 0.263. The van der Waals surface area contributed by atoms with Crippen molar-refractivity contribution in [3.8, 4) is 0 Å². The van der Waals surface area contributed by atoms with Gasteiger partial charge in [0, 0.05) is 5.56 Å². The van der Waals surface area contributed by atoms with E-state index < -0.39 is 0 Å². The number of oxime groups is 1. The van der Waals surface area contributed by atoms with Crippen LogP contribution < -0.4 is 0 Å². The molecule has 3 rings (SSSR count). The van der Waals surface area contributed by atoms with Gasteiger partial charge >= 0.3 is 5.97 Å². The predicted octanol–water partition coefficient (Wildman–Crippen LogP) is 3.73. The summed E-state index contributed by atoms with van der Waals surface area (Å²) >= 11 is 0. The minimum Gasteiger partial charge on any atom is -0.317 e. The van der Waals surface area contributed by atoms with Crippen molar-refractivity contribution in [3.63, 3.8) is 0 Å². The molecule has 1 aliphatic heterocycles. The highest BCUT2D eigenvalue weighted by Gasteiger charge is 2.34. The van der Waals surface area contributed by atoms with Crippen LogP contribution in [0.3, 0.4) is 0 Å². The van der Waals surface area contributed by atoms with Crippen molar-refractivity contribution in [1.82, 2.24) is 0 Å². The Balaban J connectivity index is 1.94. The maximum Gasteiger partial charge on any atom is 0.344 e. The second-order valence-electron chi connectivity index (χ2n) is 5.89. The molecule has 2 aromatic rings. The van der Waals surface area contributed by atoms with Crippen LogP contribution in [0.5, 0.6) is 0 Å². The summed E-state index contributed by atoms with van der Waals surface area (Å²) in [7, 11) is 0. The van der Waals surface area contributed by atoms with Gasteiger partial charge in [-0.1, -0.05) is 53.2 Å². The summed E-state index contributed by atoms with van der Waals surface area (Å²) in [4.78, 5) is 17.1. The topological polar surface area (TPSA) is 38.7 Å². The van der Waals surface area contributed by atoms with Crippen LogP contribution in [0, 0.1) is 26.7 Å². The van der Waals surface area contributed by atoms with Crippen LogP contribution in [0.15, 0.2) is 47.6 Å². The van der Waals surface area contributed by atoms with Gasteiger partial charge in [0.25, 0.3) is 0 Å². The largest absolute Gasteiger partial charge is 0.344 e. The Morgan fingerprint density at radius 3 is 2.32 bits per heavy atom. The fourth-order valence-corrected chi connectivity index (χ4v) is 3.11. The summed E-state index contributed by atoms with van der Waals surface area (Å²) in [5.41, 5.74) is 6.54. The summed E-state index contributed by atoms with van der Waals surface area (Å²) in [6.45, 7) is 6.27. The summed E-state index contributed by atoms with van der Waals surface area (Å²) in [6, 6.07) is 14.1. The molecule has 2 aromatic carbocycles. The first-order valence-corrected chi connectivity index (χ1v) is 7.47. The van der Waals surface area contributed by atoms with E-state index in [0.717, 1.165) is 11.3 Å². The molecule has 0 bridgehead atoms. The first-order chi connectivity index (χ1) is 10.6. The zero-order chi connectivity index (χ0) is 15.7. The molecular formula is C19H19NO2. The summed E-state index contributed by atoms with van der Waals surface area (Å²) in [6.07, 6.45) is 0.629. The van der Waals surface area contributed by atoms with E-state index in [4.69, 9.17) is 4.84 Å². The summed E-state index contributed by atoms with van der Waals surface area (Å²) in [5, 5.41) is 4.01. The third-order valence-corrected chi connectivity index (χ3v) is 4.17. The van der Waals surface area contributed by atoms with Crippen LogP contribution >= 0.6 is 0 Å². The van der Waals surface area contributed by atoms with E-state index in [9.17, 15) is 4.79 Å². The molecular weight excluding hydrogens is 274 g/mol. The SMILES string of the molecule is Cc1cc(C)c(CC2C(=O)ON=C2c2ccccc2)c(C)c1. The monoisotopic (exact) mass is 293 g/mol. The number of rotatable bonds is 3. The van der Waals surface area contributed by atoms with Gasteiger partial charge in [-0.05, 0) is 43.9 Å². The van der Waals surface area contributed by atoms with Crippen molar-refractivity contribution in [3.05, 3.63) is 70.3 Å². The van der Waals surface area contributed by atoms with E-state index in [1.807, 2.05) is 30.3 Å². The molecule has 0 fully saturated rings. The Morgan fingerprint density at radius 2 is 1.68 bits per heavy atom. The van der Waals surface area contributed by atoms with E-state index in [0.29, 0.717) is 6.42 Å². The highest BCUT2D eigenvalue weighted by atomic mass is 16.7. The van der Waals surface area contributed by atoms with Gasteiger partial charge in [-0.15, -0.1) is 0 Å². The molecule has 1 aliphatic rings. The molecule has 112 valence electrons. The van der Waals surface area contributed by atoms with E-state index in [1.165, 1.54) is 22.3 Å². The van der Waals surface area contributed by atoms with E-state index in [-0.39, 0.29) is 11.9 Å². The van der Waals surface area contributed by atoms with Gasteiger partial charge in [-0.25, -0.2) is 4.79 Å². The van der Waals surface area contributed by atoms with E-state index >= 15 is 0 Å². The summed E-state index contributed by atoms with van der Waals surface area (Å²) in [5.74, 6) is -0.597. The van der Waals surface area contributed by atoms with Gasteiger partial charge < -0.3 is 4.84 Å². The van der Waals surface area contributed by atoms with Crippen molar-refractivity contribution < 1.29 is 9.63 Å². The number of hydrogen-bond donors (Lipinski definition) is 0. The second kappa shape index (κ2) is 5.76. The fourth-order valence-electron chi connectivity index (χ4n) is 3.11. The quantitative estimate of drug-likeness (QED) is 0.809. The Kier molecular flexibility index (Phi) is 3.80. The minimum atomic E-state index is -0.331. The van der Waals surface area contributed by atoms with E-state index in [2.05, 4.69) is 38.1 Å². The lowest BCUT2D eigenvalue weighted by atomic mass is 9.87. The number of carbonyl (C=O) groups excluding carboxylic acids is 1. The Labute approximate surface area is 130 Å². The van der Waals surface area contributed by atoms with Gasteiger partial charge in [-0.3, -0.25) is 0 Å². The Hall–Kier alpha value is -2.42. The number of nitrogens with zero attached hydrogens (tertiary/aromatic N) is 1. The smallest absolute Gasteiger partial charge is 0.317 e. The minimum absolute atomic E-state index is 0.266. The average Bonchev–Trinajstić information content (AvgIpc) is 2.85. The van der Waals surface area contributed by atoms with Gasteiger partial charge in [0.1, 0.15) is 11.6 Å². The molecule has 3 nitrogen and oxygen atoms in total. The first-order valence-electron chi connectivity index (χ1n) is 7.47. The van der Waals surface area contributed by atoms with Crippen molar-refractivity contribution >= 4 is 11.7 Å². The molecule has 0 amide bonds. The molecule has 1 atom stereocenters. The van der Waals surface area contributed by atoms with Crippen LogP contribution in [0.1, 0.15) is 27.8 Å². The number of benzene rings is 2. The van der Waals surface area contributed by atoms with Crippen LogP contribution in [0.4, 0.5) is 0 Å². The van der Waals surface area contributed by atoms with Crippen molar-refractivity contribution in [1.29, 1.82) is 0 Å². The number of hydrogen-bond acceptors (Lipinski definition) is 3. The molecule has 0 aliphatic carbocycles. The molecule has 0 radical (unpaired) electrons. The van der Waals surface area contributed by atoms with Crippen LogP contribution in [-0.4, -0.2) is 11.7 Å². The Bertz CT molecular complexity index is 724. The van der Waals surface area contributed by atoms with E-state index in [1.54, 1.807) is 0 Å². The average molecular weight is 293 g/mol. The molecule has 0 aromatic heterocycles. The van der Waals surface area contributed by atoms with Gasteiger partial charge in [-0.2, -0.15) is 0 Å². The zero-order valence-electron chi connectivity index (χ0n) is 13.1. The highest BCUT2D eigenvalue weighted by molar-refractivity contribution is 6.14. The standard InChI is InChI=1S/C19H19NO2/c1-12-9-13(2)16(14(3)10-12)11-17-18(20-22-19(17)21)15-7-5-4-6-8-15/h4-10,17H,11H2,1-3H3. The van der Waals surface area contributed by atoms with Gasteiger partial charge in [0.2, 0.25) is 0 Å². The molecule has 3 heteroatoms. The lowest BCUT2D eigenvalue weighted by Crippen LogP contribution is -2.22. The van der Waals surface area contributed by atoms with Gasteiger partial charge in [0.05, 0.1) is 0 Å². The lowest BCUT2D eigenvalue weighted by molar-refractivity contribution is -0.143. The van der Waals surface area contributed by atoms with Crippen molar-refractivity contribution in [2.45, 2.75) is 27.2 Å². The normalized spacial score (nSPS) is 17.3. The van der Waals surface area contributed by atoms with Gasteiger partial charge in [0.15, 0.2) is 0 Å². The first kappa shape index (κ1) is 14.5. The number of carbonyl (C=O) groups is 1. The third kappa shape index (κ3) is 2.67. The lowest BCUT2D eigenvalue weighted by Gasteiger charge is -2.15. The number of aryl methyl sites for hydroxylation is 3. The zero-order valence-corrected chi connectivity index (χ0v) is 13.1. The third-order valence-electron chi connectivity index (χ3n) is 4.17. The van der Waals surface area contributed by atoms with Crippen LogP contribution in [0.25, 0.3) is 0 Å². The molecule has 0 saturated heterocycles. The molecule has 0 saturated carbocycles. The molecule has 0 spiro atoms. The van der Waals surface area contributed by atoms with Crippen molar-refractivity contribution in [2.75, 3.05) is 0 Å². The molecule has 1 unspecified atom stereocenters. The molecule has 22 heavy (non-hydrogen) atoms.